The zero-order valence-electron chi connectivity index (χ0n) is 9.65. The lowest BCUT2D eigenvalue weighted by atomic mass is 9.88. The van der Waals surface area contributed by atoms with E-state index in [4.69, 9.17) is 10.5 Å². The number of hydrogen-bond donors (Lipinski definition) is 2. The first-order valence-corrected chi connectivity index (χ1v) is 5.87. The predicted octanol–water partition coefficient (Wildman–Crippen LogP) is 1.64. The Balaban J connectivity index is 2.36. The largest absolute Gasteiger partial charge is 0.493 e. The van der Waals surface area contributed by atoms with E-state index in [9.17, 15) is 5.11 Å². The van der Waals surface area contributed by atoms with Gasteiger partial charge < -0.3 is 15.6 Å². The summed E-state index contributed by atoms with van der Waals surface area (Å²) in [5.74, 6) is 1.05. The summed E-state index contributed by atoms with van der Waals surface area (Å²) >= 11 is 0. The summed E-state index contributed by atoms with van der Waals surface area (Å²) in [5.41, 5.74) is 5.66. The van der Waals surface area contributed by atoms with E-state index >= 15 is 0 Å². The molecule has 0 saturated heterocycles. The molecule has 88 valence electrons. The molecule has 1 aromatic rings. The molecule has 3 N–H and O–H groups in total. The van der Waals surface area contributed by atoms with Crippen molar-refractivity contribution in [1.29, 1.82) is 0 Å². The summed E-state index contributed by atoms with van der Waals surface area (Å²) in [6.07, 6.45) is 2.10. The van der Waals surface area contributed by atoms with Crippen LogP contribution >= 0.6 is 0 Å². The van der Waals surface area contributed by atoms with Crippen LogP contribution in [-0.2, 0) is 5.60 Å². The van der Waals surface area contributed by atoms with Crippen molar-refractivity contribution >= 4 is 0 Å². The van der Waals surface area contributed by atoms with E-state index in [-0.39, 0.29) is 6.54 Å². The summed E-state index contributed by atoms with van der Waals surface area (Å²) in [6.45, 7) is 2.79. The van der Waals surface area contributed by atoms with Crippen LogP contribution in [-0.4, -0.2) is 18.3 Å². The molecular weight excluding hydrogens is 202 g/mol. The van der Waals surface area contributed by atoms with Crippen molar-refractivity contribution in [2.24, 2.45) is 11.7 Å². The predicted molar refractivity (Wildman–Crippen MR) is 63.3 cm³/mol. The first-order chi connectivity index (χ1) is 7.72. The van der Waals surface area contributed by atoms with Crippen LogP contribution in [0.3, 0.4) is 0 Å². The Morgan fingerprint density at radius 2 is 2.12 bits per heavy atom. The van der Waals surface area contributed by atoms with Gasteiger partial charge in [0.05, 0.1) is 6.61 Å². The average molecular weight is 221 g/mol. The SMILES string of the molecule is CCOc1ccccc1C(O)(CN)C1CC1. The molecule has 0 bridgehead atoms. The molecule has 0 heterocycles. The number of nitrogens with two attached hydrogens (primary N) is 1. The van der Waals surface area contributed by atoms with Gasteiger partial charge in [-0.05, 0) is 31.7 Å². The standard InChI is InChI=1S/C13H19NO2/c1-2-16-12-6-4-3-5-11(12)13(15,9-14)10-7-8-10/h3-6,10,15H,2,7-9,14H2,1H3. The van der Waals surface area contributed by atoms with Crippen molar-refractivity contribution in [3.05, 3.63) is 29.8 Å². The van der Waals surface area contributed by atoms with Gasteiger partial charge in [0.15, 0.2) is 0 Å². The Labute approximate surface area is 96.2 Å². The van der Waals surface area contributed by atoms with Crippen molar-refractivity contribution in [3.63, 3.8) is 0 Å². The fourth-order valence-electron chi connectivity index (χ4n) is 2.16. The second-order valence-electron chi connectivity index (χ2n) is 4.33. The summed E-state index contributed by atoms with van der Waals surface area (Å²) in [5, 5.41) is 10.6. The van der Waals surface area contributed by atoms with E-state index in [0.717, 1.165) is 24.2 Å². The summed E-state index contributed by atoms with van der Waals surface area (Å²) in [6, 6.07) is 7.64. The highest BCUT2D eigenvalue weighted by Crippen LogP contribution is 2.47. The smallest absolute Gasteiger partial charge is 0.125 e. The van der Waals surface area contributed by atoms with Gasteiger partial charge in [-0.1, -0.05) is 18.2 Å². The highest BCUT2D eigenvalue weighted by Gasteiger charge is 2.45. The monoisotopic (exact) mass is 221 g/mol. The van der Waals surface area contributed by atoms with E-state index in [2.05, 4.69) is 0 Å². The average Bonchev–Trinajstić information content (AvgIpc) is 3.13. The fraction of sp³-hybridized carbons (Fsp3) is 0.538. The lowest BCUT2D eigenvalue weighted by Gasteiger charge is -2.28. The maximum Gasteiger partial charge on any atom is 0.125 e. The minimum absolute atomic E-state index is 0.252. The van der Waals surface area contributed by atoms with E-state index in [1.165, 1.54) is 0 Å². The molecule has 1 saturated carbocycles. The number of benzene rings is 1. The van der Waals surface area contributed by atoms with E-state index < -0.39 is 5.60 Å². The topological polar surface area (TPSA) is 55.5 Å². The molecule has 1 fully saturated rings. The van der Waals surface area contributed by atoms with Gasteiger partial charge in [-0.15, -0.1) is 0 Å². The summed E-state index contributed by atoms with van der Waals surface area (Å²) in [7, 11) is 0. The van der Waals surface area contributed by atoms with Gasteiger partial charge in [-0.2, -0.15) is 0 Å². The maximum absolute atomic E-state index is 10.6. The number of ether oxygens (including phenoxy) is 1. The van der Waals surface area contributed by atoms with Gasteiger partial charge in [0.2, 0.25) is 0 Å². The summed E-state index contributed by atoms with van der Waals surface area (Å²) < 4.78 is 5.55. The third kappa shape index (κ3) is 1.93. The van der Waals surface area contributed by atoms with Gasteiger partial charge in [-0.3, -0.25) is 0 Å². The first kappa shape index (κ1) is 11.4. The fourth-order valence-corrected chi connectivity index (χ4v) is 2.16. The number of rotatable bonds is 5. The minimum Gasteiger partial charge on any atom is -0.493 e. The van der Waals surface area contributed by atoms with E-state index in [1.807, 2.05) is 31.2 Å². The zero-order valence-corrected chi connectivity index (χ0v) is 9.65. The normalized spacial score (nSPS) is 19.2. The van der Waals surface area contributed by atoms with Crippen molar-refractivity contribution in [3.8, 4) is 5.75 Å². The van der Waals surface area contributed by atoms with Crippen LogP contribution in [0.15, 0.2) is 24.3 Å². The lowest BCUT2D eigenvalue weighted by Crippen LogP contribution is -2.37. The van der Waals surface area contributed by atoms with Crippen LogP contribution in [0.25, 0.3) is 0 Å². The Kier molecular flexibility index (Phi) is 3.17. The number of para-hydroxylation sites is 1. The van der Waals surface area contributed by atoms with Crippen LogP contribution in [0.5, 0.6) is 5.75 Å². The van der Waals surface area contributed by atoms with Gasteiger partial charge in [-0.25, -0.2) is 0 Å². The van der Waals surface area contributed by atoms with Crippen LogP contribution in [0, 0.1) is 5.92 Å². The molecule has 0 radical (unpaired) electrons. The molecule has 0 spiro atoms. The van der Waals surface area contributed by atoms with Crippen molar-refractivity contribution in [2.45, 2.75) is 25.4 Å². The number of aliphatic hydroxyl groups is 1. The third-order valence-electron chi connectivity index (χ3n) is 3.22. The van der Waals surface area contributed by atoms with Crippen molar-refractivity contribution in [1.82, 2.24) is 0 Å². The Hall–Kier alpha value is -1.06. The molecule has 1 aliphatic rings. The van der Waals surface area contributed by atoms with Gasteiger partial charge >= 0.3 is 0 Å². The lowest BCUT2D eigenvalue weighted by molar-refractivity contribution is 0.0195. The van der Waals surface area contributed by atoms with Gasteiger partial charge in [0.1, 0.15) is 11.4 Å². The second-order valence-corrected chi connectivity index (χ2v) is 4.33. The molecule has 0 amide bonds. The maximum atomic E-state index is 10.6. The Bertz CT molecular complexity index is 363. The molecule has 3 nitrogen and oxygen atoms in total. The second kappa shape index (κ2) is 4.44. The molecule has 3 heteroatoms. The van der Waals surface area contributed by atoms with Crippen molar-refractivity contribution < 1.29 is 9.84 Å². The van der Waals surface area contributed by atoms with Crippen LogP contribution in [0.4, 0.5) is 0 Å². The van der Waals surface area contributed by atoms with Gasteiger partial charge in [0, 0.05) is 12.1 Å². The Morgan fingerprint density at radius 3 is 2.69 bits per heavy atom. The van der Waals surface area contributed by atoms with Crippen LogP contribution < -0.4 is 10.5 Å². The Morgan fingerprint density at radius 1 is 1.44 bits per heavy atom. The molecule has 0 aromatic heterocycles. The molecular formula is C13H19NO2. The van der Waals surface area contributed by atoms with E-state index in [1.54, 1.807) is 0 Å². The molecule has 2 rings (SSSR count). The third-order valence-corrected chi connectivity index (χ3v) is 3.22. The van der Waals surface area contributed by atoms with E-state index in [0.29, 0.717) is 12.5 Å². The minimum atomic E-state index is -0.911. The first-order valence-electron chi connectivity index (χ1n) is 5.87. The molecule has 1 unspecified atom stereocenters. The highest BCUT2D eigenvalue weighted by molar-refractivity contribution is 5.39. The van der Waals surface area contributed by atoms with Gasteiger partial charge in [0.25, 0.3) is 0 Å². The molecule has 1 aromatic carbocycles. The van der Waals surface area contributed by atoms with Crippen LogP contribution in [0.1, 0.15) is 25.3 Å². The van der Waals surface area contributed by atoms with Crippen LogP contribution in [0.2, 0.25) is 0 Å². The quantitative estimate of drug-likeness (QED) is 0.794. The zero-order chi connectivity index (χ0) is 11.6. The van der Waals surface area contributed by atoms with Crippen molar-refractivity contribution in [2.75, 3.05) is 13.2 Å². The highest BCUT2D eigenvalue weighted by atomic mass is 16.5. The summed E-state index contributed by atoms with van der Waals surface area (Å²) in [4.78, 5) is 0. The molecule has 1 atom stereocenters. The molecule has 0 aliphatic heterocycles. The molecule has 1 aliphatic carbocycles. The molecule has 16 heavy (non-hydrogen) atoms. The number of hydrogen-bond acceptors (Lipinski definition) is 3.